The Hall–Kier alpha value is -2.15. The molecular weight excluding hydrogens is 264 g/mol. The van der Waals surface area contributed by atoms with Gasteiger partial charge in [0.25, 0.3) is 5.69 Å². The molecule has 6 nitrogen and oxygen atoms in total. The lowest BCUT2D eigenvalue weighted by molar-refractivity contribution is -0.384. The van der Waals surface area contributed by atoms with E-state index in [2.05, 4.69) is 9.97 Å². The third kappa shape index (κ3) is 2.12. The molecule has 0 aliphatic carbocycles. The van der Waals surface area contributed by atoms with Crippen molar-refractivity contribution in [3.8, 4) is 11.4 Å². The van der Waals surface area contributed by atoms with E-state index < -0.39 is 4.92 Å². The first-order chi connectivity index (χ1) is 9.15. The topological polar surface area (TPSA) is 94.9 Å². The summed E-state index contributed by atoms with van der Waals surface area (Å²) in [6, 6.07) is 6.27. The summed E-state index contributed by atoms with van der Waals surface area (Å²) in [5.41, 5.74) is 8.46. The van der Waals surface area contributed by atoms with E-state index in [1.165, 1.54) is 12.1 Å². The Bertz CT molecular complexity index is 675. The van der Waals surface area contributed by atoms with Gasteiger partial charge in [-0.05, 0) is 0 Å². The Morgan fingerprint density at radius 3 is 2.95 bits per heavy atom. The molecule has 2 aromatic rings. The summed E-state index contributed by atoms with van der Waals surface area (Å²) in [6.45, 7) is 0. The Morgan fingerprint density at radius 2 is 2.16 bits per heavy atom. The summed E-state index contributed by atoms with van der Waals surface area (Å²) < 4.78 is 0. The van der Waals surface area contributed by atoms with Gasteiger partial charge >= 0.3 is 0 Å². The van der Waals surface area contributed by atoms with Crippen LogP contribution in [0.25, 0.3) is 11.4 Å². The van der Waals surface area contributed by atoms with Crippen molar-refractivity contribution in [3.05, 3.63) is 45.6 Å². The molecule has 2 heterocycles. The van der Waals surface area contributed by atoms with Gasteiger partial charge in [0.05, 0.1) is 10.6 Å². The van der Waals surface area contributed by atoms with Gasteiger partial charge < -0.3 is 5.73 Å². The van der Waals surface area contributed by atoms with E-state index in [0.29, 0.717) is 17.2 Å². The van der Waals surface area contributed by atoms with E-state index >= 15 is 0 Å². The highest BCUT2D eigenvalue weighted by Crippen LogP contribution is 2.33. The van der Waals surface area contributed by atoms with Crippen molar-refractivity contribution in [1.29, 1.82) is 0 Å². The average Bonchev–Trinajstić information content (AvgIpc) is 2.87. The molecule has 19 heavy (non-hydrogen) atoms. The SMILES string of the molecule is Nc1nc(-c2cccc([N+](=O)[O-])c2)nc2c1CSC2. The van der Waals surface area contributed by atoms with E-state index in [1.54, 1.807) is 23.9 Å². The third-order valence-electron chi connectivity index (χ3n) is 2.93. The number of hydrogen-bond donors (Lipinski definition) is 1. The Kier molecular flexibility index (Phi) is 2.83. The van der Waals surface area contributed by atoms with Crippen LogP contribution in [0.3, 0.4) is 0 Å². The van der Waals surface area contributed by atoms with E-state index in [-0.39, 0.29) is 5.69 Å². The van der Waals surface area contributed by atoms with Crippen molar-refractivity contribution < 1.29 is 4.92 Å². The fourth-order valence-electron chi connectivity index (χ4n) is 1.96. The van der Waals surface area contributed by atoms with Gasteiger partial charge in [-0.25, -0.2) is 9.97 Å². The highest BCUT2D eigenvalue weighted by molar-refractivity contribution is 7.98. The minimum atomic E-state index is -0.434. The largest absolute Gasteiger partial charge is 0.383 e. The van der Waals surface area contributed by atoms with Crippen molar-refractivity contribution in [2.24, 2.45) is 0 Å². The van der Waals surface area contributed by atoms with Gasteiger partial charge in [-0.3, -0.25) is 10.1 Å². The predicted octanol–water partition coefficient (Wildman–Crippen LogP) is 2.38. The fourth-order valence-corrected chi connectivity index (χ4v) is 3.02. The molecular formula is C12H10N4O2S. The number of nitrogen functional groups attached to an aromatic ring is 1. The normalized spacial score (nSPS) is 13.3. The number of anilines is 1. The predicted molar refractivity (Wildman–Crippen MR) is 73.5 cm³/mol. The molecule has 0 radical (unpaired) electrons. The molecule has 0 saturated heterocycles. The van der Waals surface area contributed by atoms with Crippen LogP contribution in [0.1, 0.15) is 11.3 Å². The molecule has 0 fully saturated rings. The maximum Gasteiger partial charge on any atom is 0.270 e. The lowest BCUT2D eigenvalue weighted by atomic mass is 10.1. The zero-order valence-electron chi connectivity index (χ0n) is 9.87. The molecule has 3 rings (SSSR count). The Labute approximate surface area is 113 Å². The molecule has 1 aromatic heterocycles. The summed E-state index contributed by atoms with van der Waals surface area (Å²) in [5.74, 6) is 2.55. The number of hydrogen-bond acceptors (Lipinski definition) is 6. The van der Waals surface area contributed by atoms with Crippen molar-refractivity contribution >= 4 is 23.3 Å². The second-order valence-electron chi connectivity index (χ2n) is 4.16. The second-order valence-corrected chi connectivity index (χ2v) is 5.14. The van der Waals surface area contributed by atoms with Crippen LogP contribution in [0.4, 0.5) is 11.5 Å². The van der Waals surface area contributed by atoms with Crippen LogP contribution in [0.2, 0.25) is 0 Å². The summed E-state index contributed by atoms with van der Waals surface area (Å²) in [5, 5.41) is 10.8. The zero-order chi connectivity index (χ0) is 13.4. The van der Waals surface area contributed by atoms with E-state index in [4.69, 9.17) is 5.73 Å². The van der Waals surface area contributed by atoms with Crippen LogP contribution in [-0.4, -0.2) is 14.9 Å². The van der Waals surface area contributed by atoms with Crippen molar-refractivity contribution in [2.75, 3.05) is 5.73 Å². The highest BCUT2D eigenvalue weighted by atomic mass is 32.2. The minimum absolute atomic E-state index is 0.0227. The van der Waals surface area contributed by atoms with Crippen LogP contribution < -0.4 is 5.73 Å². The number of nitrogens with two attached hydrogens (primary N) is 1. The van der Waals surface area contributed by atoms with Gasteiger partial charge in [-0.15, -0.1) is 0 Å². The van der Waals surface area contributed by atoms with Gasteiger partial charge in [-0.1, -0.05) is 12.1 Å². The fraction of sp³-hybridized carbons (Fsp3) is 0.167. The van der Waals surface area contributed by atoms with Gasteiger partial charge in [0, 0.05) is 34.8 Å². The van der Waals surface area contributed by atoms with Gasteiger partial charge in [0.15, 0.2) is 5.82 Å². The number of nitro benzene ring substituents is 1. The van der Waals surface area contributed by atoms with Crippen molar-refractivity contribution in [1.82, 2.24) is 9.97 Å². The molecule has 1 aliphatic rings. The van der Waals surface area contributed by atoms with Crippen molar-refractivity contribution in [2.45, 2.75) is 11.5 Å². The first-order valence-corrected chi connectivity index (χ1v) is 6.78. The van der Waals surface area contributed by atoms with Crippen molar-refractivity contribution in [3.63, 3.8) is 0 Å². The second kappa shape index (κ2) is 4.51. The van der Waals surface area contributed by atoms with Crippen LogP contribution in [0, 0.1) is 10.1 Å². The van der Waals surface area contributed by atoms with E-state index in [0.717, 1.165) is 22.8 Å². The number of non-ortho nitro benzene ring substituents is 1. The highest BCUT2D eigenvalue weighted by Gasteiger charge is 2.19. The van der Waals surface area contributed by atoms with Gasteiger partial charge in [-0.2, -0.15) is 11.8 Å². The third-order valence-corrected chi connectivity index (χ3v) is 3.90. The number of thioether (sulfide) groups is 1. The number of aromatic nitrogens is 2. The van der Waals surface area contributed by atoms with Crippen LogP contribution in [0.5, 0.6) is 0 Å². The summed E-state index contributed by atoms with van der Waals surface area (Å²) in [6.07, 6.45) is 0. The number of nitro groups is 1. The molecule has 0 spiro atoms. The van der Waals surface area contributed by atoms with E-state index in [1.807, 2.05) is 0 Å². The molecule has 0 amide bonds. The molecule has 1 aromatic carbocycles. The number of nitrogens with zero attached hydrogens (tertiary/aromatic N) is 3. The summed E-state index contributed by atoms with van der Waals surface area (Å²) >= 11 is 1.74. The molecule has 0 atom stereocenters. The molecule has 0 saturated carbocycles. The molecule has 0 bridgehead atoms. The zero-order valence-corrected chi connectivity index (χ0v) is 10.7. The van der Waals surface area contributed by atoms with E-state index in [9.17, 15) is 10.1 Å². The molecule has 0 unspecified atom stereocenters. The first kappa shape index (κ1) is 11.9. The van der Waals surface area contributed by atoms with Gasteiger partial charge in [0.2, 0.25) is 0 Å². The summed E-state index contributed by atoms with van der Waals surface area (Å²) in [7, 11) is 0. The van der Waals surface area contributed by atoms with Crippen LogP contribution in [-0.2, 0) is 11.5 Å². The average molecular weight is 274 g/mol. The standard InChI is InChI=1S/C12H10N4O2S/c13-11-9-5-19-6-10(9)14-12(15-11)7-2-1-3-8(4-7)16(17)18/h1-4H,5-6H2,(H2,13,14,15). The monoisotopic (exact) mass is 274 g/mol. The lowest BCUT2D eigenvalue weighted by Crippen LogP contribution is -2.03. The minimum Gasteiger partial charge on any atom is -0.383 e. The first-order valence-electron chi connectivity index (χ1n) is 5.63. The Morgan fingerprint density at radius 1 is 1.32 bits per heavy atom. The summed E-state index contributed by atoms with van der Waals surface area (Å²) in [4.78, 5) is 19.0. The molecule has 2 N–H and O–H groups in total. The Balaban J connectivity index is 2.10. The number of rotatable bonds is 2. The van der Waals surface area contributed by atoms with Crippen LogP contribution >= 0.6 is 11.8 Å². The maximum atomic E-state index is 10.8. The lowest BCUT2D eigenvalue weighted by Gasteiger charge is -2.06. The molecule has 1 aliphatic heterocycles. The smallest absolute Gasteiger partial charge is 0.270 e. The molecule has 96 valence electrons. The molecule has 7 heteroatoms. The van der Waals surface area contributed by atoms with Gasteiger partial charge in [0.1, 0.15) is 5.82 Å². The quantitative estimate of drug-likeness (QED) is 0.667. The maximum absolute atomic E-state index is 10.8. The van der Waals surface area contributed by atoms with Crippen LogP contribution in [0.15, 0.2) is 24.3 Å². The number of benzene rings is 1. The number of fused-ring (bicyclic) bond motifs is 1.